The van der Waals surface area contributed by atoms with Crippen LogP contribution in [0.2, 0.25) is 0 Å². The molecule has 4 nitrogen and oxygen atoms in total. The zero-order valence-corrected chi connectivity index (χ0v) is 12.7. The Balaban J connectivity index is 2.20. The van der Waals surface area contributed by atoms with Crippen molar-refractivity contribution >= 4 is 11.6 Å². The number of carbonyl (C=O) groups excluding carboxylic acids is 1. The standard InChI is InChI=1S/C16H24N2O2/c1-11(2)17-14-8-6-5-7-13(14)16(19)18(4)15-9-10-20-12(15)3/h5-8,11-12,15,17H,9-10H2,1-4H3. The Hall–Kier alpha value is -1.55. The number of hydrogen-bond acceptors (Lipinski definition) is 3. The van der Waals surface area contributed by atoms with Crippen molar-refractivity contribution in [2.75, 3.05) is 19.0 Å². The first kappa shape index (κ1) is 14.9. The van der Waals surface area contributed by atoms with Crippen LogP contribution in [0.25, 0.3) is 0 Å². The van der Waals surface area contributed by atoms with Crippen molar-refractivity contribution in [3.63, 3.8) is 0 Å². The van der Waals surface area contributed by atoms with Gasteiger partial charge in [-0.2, -0.15) is 0 Å². The fraction of sp³-hybridized carbons (Fsp3) is 0.562. The number of nitrogens with zero attached hydrogens (tertiary/aromatic N) is 1. The first-order valence-corrected chi connectivity index (χ1v) is 7.25. The van der Waals surface area contributed by atoms with E-state index in [2.05, 4.69) is 19.2 Å². The molecule has 1 N–H and O–H groups in total. The van der Waals surface area contributed by atoms with Gasteiger partial charge >= 0.3 is 0 Å². The quantitative estimate of drug-likeness (QED) is 0.919. The van der Waals surface area contributed by atoms with Gasteiger partial charge in [0, 0.05) is 25.4 Å². The molecule has 1 aliphatic rings. The highest BCUT2D eigenvalue weighted by Crippen LogP contribution is 2.23. The Labute approximate surface area is 121 Å². The Kier molecular flexibility index (Phi) is 4.65. The second-order valence-electron chi connectivity index (χ2n) is 5.69. The third kappa shape index (κ3) is 3.12. The molecule has 2 unspecified atom stereocenters. The van der Waals surface area contributed by atoms with E-state index in [0.29, 0.717) is 6.04 Å². The Morgan fingerprint density at radius 3 is 2.70 bits per heavy atom. The number of hydrogen-bond donors (Lipinski definition) is 1. The van der Waals surface area contributed by atoms with E-state index in [1.807, 2.05) is 43.1 Å². The van der Waals surface area contributed by atoms with Gasteiger partial charge in [-0.25, -0.2) is 0 Å². The smallest absolute Gasteiger partial charge is 0.256 e. The molecule has 1 saturated heterocycles. The Bertz CT molecular complexity index is 473. The molecule has 1 heterocycles. The molecule has 0 spiro atoms. The number of para-hydroxylation sites is 1. The summed E-state index contributed by atoms with van der Waals surface area (Å²) in [7, 11) is 1.87. The van der Waals surface area contributed by atoms with Crippen LogP contribution in [0.5, 0.6) is 0 Å². The van der Waals surface area contributed by atoms with Gasteiger partial charge in [0.2, 0.25) is 0 Å². The number of likely N-dealkylation sites (N-methyl/N-ethyl adjacent to an activating group) is 1. The maximum Gasteiger partial charge on any atom is 0.256 e. The molecular weight excluding hydrogens is 252 g/mol. The van der Waals surface area contributed by atoms with Crippen molar-refractivity contribution in [3.05, 3.63) is 29.8 Å². The van der Waals surface area contributed by atoms with Crippen molar-refractivity contribution in [3.8, 4) is 0 Å². The van der Waals surface area contributed by atoms with Crippen molar-refractivity contribution in [1.29, 1.82) is 0 Å². The minimum absolute atomic E-state index is 0.0519. The average Bonchev–Trinajstić information content (AvgIpc) is 2.83. The lowest BCUT2D eigenvalue weighted by Crippen LogP contribution is -2.41. The molecule has 0 aromatic heterocycles. The zero-order chi connectivity index (χ0) is 14.7. The number of benzene rings is 1. The van der Waals surface area contributed by atoms with E-state index >= 15 is 0 Å². The van der Waals surface area contributed by atoms with Crippen LogP contribution in [0.1, 0.15) is 37.6 Å². The van der Waals surface area contributed by atoms with Crippen LogP contribution in [-0.2, 0) is 4.74 Å². The number of nitrogens with one attached hydrogen (secondary N) is 1. The van der Waals surface area contributed by atoms with E-state index in [9.17, 15) is 4.79 Å². The molecule has 2 rings (SSSR count). The molecule has 0 bridgehead atoms. The van der Waals surface area contributed by atoms with Crippen molar-refractivity contribution in [2.24, 2.45) is 0 Å². The molecule has 1 aromatic rings. The van der Waals surface area contributed by atoms with E-state index in [1.54, 1.807) is 0 Å². The van der Waals surface area contributed by atoms with E-state index in [-0.39, 0.29) is 18.1 Å². The van der Waals surface area contributed by atoms with Gasteiger partial charge in [0.15, 0.2) is 0 Å². The van der Waals surface area contributed by atoms with Gasteiger partial charge < -0.3 is 15.0 Å². The normalized spacial score (nSPS) is 22.1. The predicted octanol–water partition coefficient (Wildman–Crippen LogP) is 2.76. The molecule has 2 atom stereocenters. The topological polar surface area (TPSA) is 41.6 Å². The number of rotatable bonds is 4. The predicted molar refractivity (Wildman–Crippen MR) is 81.1 cm³/mol. The number of carbonyl (C=O) groups is 1. The van der Waals surface area contributed by atoms with Crippen molar-refractivity contribution in [1.82, 2.24) is 4.90 Å². The van der Waals surface area contributed by atoms with Crippen LogP contribution in [0.4, 0.5) is 5.69 Å². The zero-order valence-electron chi connectivity index (χ0n) is 12.7. The first-order chi connectivity index (χ1) is 9.50. The monoisotopic (exact) mass is 276 g/mol. The molecule has 110 valence electrons. The summed E-state index contributed by atoms with van der Waals surface area (Å²) in [6.07, 6.45) is 1.01. The second kappa shape index (κ2) is 6.27. The van der Waals surface area contributed by atoms with Crippen LogP contribution in [0.3, 0.4) is 0 Å². The highest BCUT2D eigenvalue weighted by atomic mass is 16.5. The summed E-state index contributed by atoms with van der Waals surface area (Å²) in [5, 5.41) is 3.33. The molecule has 0 aliphatic carbocycles. The van der Waals surface area contributed by atoms with E-state index in [1.165, 1.54) is 0 Å². The molecule has 1 aromatic carbocycles. The average molecular weight is 276 g/mol. The third-order valence-electron chi connectivity index (χ3n) is 3.76. The molecule has 20 heavy (non-hydrogen) atoms. The molecule has 1 amide bonds. The number of anilines is 1. The molecule has 0 radical (unpaired) electrons. The summed E-state index contributed by atoms with van der Waals surface area (Å²) < 4.78 is 5.56. The van der Waals surface area contributed by atoms with Crippen LogP contribution in [0.15, 0.2) is 24.3 Å². The summed E-state index contributed by atoms with van der Waals surface area (Å²) in [6, 6.07) is 8.14. The summed E-state index contributed by atoms with van der Waals surface area (Å²) in [5.41, 5.74) is 1.62. The van der Waals surface area contributed by atoms with Crippen molar-refractivity contribution in [2.45, 2.75) is 45.4 Å². The molecule has 4 heteroatoms. The van der Waals surface area contributed by atoms with Crippen LogP contribution in [0, 0.1) is 0 Å². The lowest BCUT2D eigenvalue weighted by molar-refractivity contribution is 0.0575. The lowest BCUT2D eigenvalue weighted by Gasteiger charge is -2.28. The Morgan fingerprint density at radius 1 is 1.40 bits per heavy atom. The van der Waals surface area contributed by atoms with Gasteiger partial charge in [0.05, 0.1) is 17.7 Å². The summed E-state index contributed by atoms with van der Waals surface area (Å²) >= 11 is 0. The summed E-state index contributed by atoms with van der Waals surface area (Å²) in [5.74, 6) is 0.0519. The number of ether oxygens (including phenoxy) is 1. The largest absolute Gasteiger partial charge is 0.382 e. The molecule has 1 aliphatic heterocycles. The molecular formula is C16H24N2O2. The van der Waals surface area contributed by atoms with E-state index in [4.69, 9.17) is 4.74 Å². The second-order valence-corrected chi connectivity index (χ2v) is 5.69. The minimum atomic E-state index is 0.0519. The summed E-state index contributed by atoms with van der Waals surface area (Å²) in [6.45, 7) is 6.89. The molecule has 0 saturated carbocycles. The summed E-state index contributed by atoms with van der Waals surface area (Å²) in [4.78, 5) is 14.5. The van der Waals surface area contributed by atoms with Crippen LogP contribution in [-0.4, -0.2) is 42.6 Å². The maximum absolute atomic E-state index is 12.7. The fourth-order valence-electron chi connectivity index (χ4n) is 2.68. The van der Waals surface area contributed by atoms with Gasteiger partial charge in [-0.3, -0.25) is 4.79 Å². The van der Waals surface area contributed by atoms with E-state index in [0.717, 1.165) is 24.3 Å². The lowest BCUT2D eigenvalue weighted by atomic mass is 10.1. The highest BCUT2D eigenvalue weighted by molar-refractivity contribution is 5.99. The SMILES string of the molecule is CC(C)Nc1ccccc1C(=O)N(C)C1CCOC1C. The highest BCUT2D eigenvalue weighted by Gasteiger charge is 2.31. The fourth-order valence-corrected chi connectivity index (χ4v) is 2.68. The van der Waals surface area contributed by atoms with Gasteiger partial charge in [0.1, 0.15) is 0 Å². The Morgan fingerprint density at radius 2 is 2.10 bits per heavy atom. The minimum Gasteiger partial charge on any atom is -0.382 e. The van der Waals surface area contributed by atoms with Gasteiger partial charge in [0.25, 0.3) is 5.91 Å². The maximum atomic E-state index is 12.7. The van der Waals surface area contributed by atoms with Gasteiger partial charge in [-0.15, -0.1) is 0 Å². The van der Waals surface area contributed by atoms with Crippen LogP contribution >= 0.6 is 0 Å². The van der Waals surface area contributed by atoms with Crippen molar-refractivity contribution < 1.29 is 9.53 Å². The van der Waals surface area contributed by atoms with Crippen LogP contribution < -0.4 is 5.32 Å². The molecule has 1 fully saturated rings. The van der Waals surface area contributed by atoms with Gasteiger partial charge in [-0.05, 0) is 39.3 Å². The van der Waals surface area contributed by atoms with E-state index < -0.39 is 0 Å². The third-order valence-corrected chi connectivity index (χ3v) is 3.76. The van der Waals surface area contributed by atoms with Gasteiger partial charge in [-0.1, -0.05) is 12.1 Å². The number of amides is 1. The first-order valence-electron chi connectivity index (χ1n) is 7.25.